The molecule has 57 heavy (non-hydrogen) atoms. The molecule has 0 N–H and O–H groups in total. The molecule has 0 atom stereocenters. The largest absolute Gasteiger partial charge is 0.455 e. The molecule has 2 aromatic heterocycles. The third-order valence-corrected chi connectivity index (χ3v) is 11.4. The predicted octanol–water partition coefficient (Wildman–Crippen LogP) is 15.3. The lowest BCUT2D eigenvalue weighted by Gasteiger charge is -2.21. The van der Waals surface area contributed by atoms with Gasteiger partial charge in [0.25, 0.3) is 0 Å². The van der Waals surface area contributed by atoms with Crippen LogP contribution in [-0.2, 0) is 0 Å². The normalized spacial score (nSPS) is 11.7. The minimum Gasteiger partial charge on any atom is -0.455 e. The lowest BCUT2D eigenvalue weighted by Crippen LogP contribution is -2.04. The van der Waals surface area contributed by atoms with Crippen molar-refractivity contribution in [3.63, 3.8) is 0 Å². The molecule has 0 fully saturated rings. The Bertz CT molecular complexity index is 3060. The molecule has 11 rings (SSSR count). The zero-order valence-corrected chi connectivity index (χ0v) is 31.1. The third-order valence-electron chi connectivity index (χ3n) is 11.4. The van der Waals surface area contributed by atoms with E-state index in [9.17, 15) is 0 Å². The molecule has 11 aromatic rings. The Morgan fingerprint density at radius 2 is 0.684 bits per heavy atom. The van der Waals surface area contributed by atoms with E-state index in [4.69, 9.17) is 8.83 Å². The Hall–Kier alpha value is -7.42. The highest BCUT2D eigenvalue weighted by atomic mass is 16.3. The summed E-state index contributed by atoms with van der Waals surface area (Å²) < 4.78 is 12.9. The van der Waals surface area contributed by atoms with E-state index in [0.717, 1.165) is 66.1 Å². The minimum atomic E-state index is -0.00524. The molecular formula is C55H36O2. The summed E-state index contributed by atoms with van der Waals surface area (Å²) >= 11 is 0. The molecule has 0 saturated heterocycles. The number of benzene rings is 9. The molecule has 2 heterocycles. The highest BCUT2D eigenvalue weighted by Gasteiger charge is 2.20. The van der Waals surface area contributed by atoms with Crippen molar-refractivity contribution in [1.82, 2.24) is 0 Å². The Kier molecular flexibility index (Phi) is 7.93. The maximum atomic E-state index is 6.43. The van der Waals surface area contributed by atoms with Crippen LogP contribution >= 0.6 is 0 Å². The van der Waals surface area contributed by atoms with Crippen molar-refractivity contribution < 1.29 is 8.83 Å². The summed E-state index contributed by atoms with van der Waals surface area (Å²) in [6.07, 6.45) is 0. The van der Waals surface area contributed by atoms with Gasteiger partial charge < -0.3 is 8.83 Å². The molecule has 0 amide bonds. The molecule has 9 aromatic carbocycles. The van der Waals surface area contributed by atoms with Crippen LogP contribution in [-0.4, -0.2) is 0 Å². The fraction of sp³-hybridized carbons (Fsp3) is 0.0182. The number of fused-ring (bicyclic) bond motifs is 6. The Morgan fingerprint density at radius 3 is 1.25 bits per heavy atom. The van der Waals surface area contributed by atoms with Crippen molar-refractivity contribution in [3.8, 4) is 44.5 Å². The predicted molar refractivity (Wildman–Crippen MR) is 237 cm³/mol. The number of rotatable bonds is 7. The van der Waals surface area contributed by atoms with Gasteiger partial charge in [0.1, 0.15) is 22.3 Å². The first kappa shape index (κ1) is 33.0. The van der Waals surface area contributed by atoms with E-state index in [1.54, 1.807) is 0 Å². The summed E-state index contributed by atoms with van der Waals surface area (Å²) in [7, 11) is 0. The molecule has 0 radical (unpaired) electrons. The molecule has 0 aliphatic carbocycles. The first-order valence-corrected chi connectivity index (χ1v) is 19.5. The first-order valence-electron chi connectivity index (χ1n) is 19.5. The van der Waals surface area contributed by atoms with Gasteiger partial charge in [-0.25, -0.2) is 0 Å². The summed E-state index contributed by atoms with van der Waals surface area (Å²) in [6, 6.07) is 76.0. The van der Waals surface area contributed by atoms with Crippen molar-refractivity contribution in [2.24, 2.45) is 0 Å². The van der Waals surface area contributed by atoms with E-state index in [2.05, 4.69) is 188 Å². The van der Waals surface area contributed by atoms with Gasteiger partial charge >= 0.3 is 0 Å². The van der Waals surface area contributed by atoms with Crippen LogP contribution in [0.2, 0.25) is 0 Å². The first-order chi connectivity index (χ1) is 28.2. The van der Waals surface area contributed by atoms with Gasteiger partial charge in [0.2, 0.25) is 0 Å². The lowest BCUT2D eigenvalue weighted by molar-refractivity contribution is 0.669. The zero-order chi connectivity index (χ0) is 37.7. The second-order valence-electron chi connectivity index (χ2n) is 14.8. The highest BCUT2D eigenvalue weighted by Crippen LogP contribution is 2.41. The molecule has 2 nitrogen and oxygen atoms in total. The smallest absolute Gasteiger partial charge is 0.143 e. The van der Waals surface area contributed by atoms with E-state index in [-0.39, 0.29) is 5.92 Å². The van der Waals surface area contributed by atoms with E-state index >= 15 is 0 Å². The van der Waals surface area contributed by atoms with E-state index in [1.807, 2.05) is 24.3 Å². The fourth-order valence-electron chi connectivity index (χ4n) is 8.64. The maximum absolute atomic E-state index is 6.43. The second kappa shape index (κ2) is 13.7. The summed E-state index contributed by atoms with van der Waals surface area (Å²) in [4.78, 5) is 0. The van der Waals surface area contributed by atoms with Crippen molar-refractivity contribution in [1.29, 1.82) is 0 Å². The quantitative estimate of drug-likeness (QED) is 0.153. The zero-order valence-electron chi connectivity index (χ0n) is 31.1. The van der Waals surface area contributed by atoms with E-state index in [0.29, 0.717) is 0 Å². The van der Waals surface area contributed by atoms with Crippen LogP contribution in [0.4, 0.5) is 0 Å². The molecule has 0 unspecified atom stereocenters. The summed E-state index contributed by atoms with van der Waals surface area (Å²) in [5.74, 6) is -0.00524. The second-order valence-corrected chi connectivity index (χ2v) is 14.8. The van der Waals surface area contributed by atoms with Crippen molar-refractivity contribution in [2.45, 2.75) is 5.92 Å². The van der Waals surface area contributed by atoms with Crippen LogP contribution in [0.5, 0.6) is 0 Å². The minimum absolute atomic E-state index is 0.00524. The average Bonchev–Trinajstić information content (AvgIpc) is 3.87. The molecule has 0 aliphatic rings. The topological polar surface area (TPSA) is 26.3 Å². The Morgan fingerprint density at radius 1 is 0.263 bits per heavy atom. The third kappa shape index (κ3) is 5.82. The maximum Gasteiger partial charge on any atom is 0.143 e. The molecule has 0 spiro atoms. The monoisotopic (exact) mass is 728 g/mol. The van der Waals surface area contributed by atoms with Gasteiger partial charge in [-0.2, -0.15) is 0 Å². The number of para-hydroxylation sites is 4. The Balaban J connectivity index is 1.01. The standard InChI is InChI=1S/C55H36O2/c1-2-12-36(13-3-1)41-14-8-15-42(34-41)43-16-9-17-44(35-43)53(39-30-26-37(27-31-39)45-20-10-22-49-47-18-4-6-24-51(47)56-54(45)49)40-32-28-38(29-33-40)46-21-11-23-50-48-19-5-7-25-52(48)57-55(46)50/h1-35,53H. The van der Waals surface area contributed by atoms with Gasteiger partial charge in [-0.15, -0.1) is 0 Å². The van der Waals surface area contributed by atoms with E-state index in [1.165, 1.54) is 38.9 Å². The van der Waals surface area contributed by atoms with Crippen molar-refractivity contribution in [2.75, 3.05) is 0 Å². The van der Waals surface area contributed by atoms with Crippen molar-refractivity contribution in [3.05, 3.63) is 229 Å². The summed E-state index contributed by atoms with van der Waals surface area (Å²) in [6.45, 7) is 0. The highest BCUT2D eigenvalue weighted by molar-refractivity contribution is 6.10. The van der Waals surface area contributed by atoms with Gasteiger partial charge in [0, 0.05) is 38.6 Å². The molecule has 0 aliphatic heterocycles. The van der Waals surface area contributed by atoms with Crippen LogP contribution in [0.1, 0.15) is 22.6 Å². The SMILES string of the molecule is c1ccc(-c2cccc(-c3cccc(C(c4ccc(-c5cccc6c5oc5ccccc56)cc4)c4ccc(-c5cccc6c5oc5ccccc56)cc4)c3)c2)cc1. The number of hydrogen-bond acceptors (Lipinski definition) is 2. The van der Waals surface area contributed by atoms with Gasteiger partial charge in [-0.1, -0.05) is 194 Å². The fourth-order valence-corrected chi connectivity index (χ4v) is 8.64. The van der Waals surface area contributed by atoms with Crippen LogP contribution in [0, 0.1) is 0 Å². The van der Waals surface area contributed by atoms with Gasteiger partial charge in [0.15, 0.2) is 0 Å². The van der Waals surface area contributed by atoms with Crippen molar-refractivity contribution >= 4 is 43.9 Å². The molecule has 268 valence electrons. The average molecular weight is 729 g/mol. The number of furan rings is 2. The number of hydrogen-bond donors (Lipinski definition) is 0. The van der Waals surface area contributed by atoms with Crippen LogP contribution in [0.3, 0.4) is 0 Å². The summed E-state index contributed by atoms with van der Waals surface area (Å²) in [5, 5.41) is 4.55. The molecule has 0 saturated carbocycles. The van der Waals surface area contributed by atoms with Crippen LogP contribution in [0.15, 0.2) is 221 Å². The summed E-state index contributed by atoms with van der Waals surface area (Å²) in [5.41, 5.74) is 16.6. The van der Waals surface area contributed by atoms with Crippen LogP contribution in [0.25, 0.3) is 88.4 Å². The van der Waals surface area contributed by atoms with Gasteiger partial charge in [-0.05, 0) is 68.3 Å². The lowest BCUT2D eigenvalue weighted by atomic mass is 9.83. The van der Waals surface area contributed by atoms with E-state index < -0.39 is 0 Å². The van der Waals surface area contributed by atoms with Crippen LogP contribution < -0.4 is 0 Å². The molecule has 2 heteroatoms. The van der Waals surface area contributed by atoms with Gasteiger partial charge in [0.05, 0.1) is 0 Å². The molecular weight excluding hydrogens is 693 g/mol. The van der Waals surface area contributed by atoms with Gasteiger partial charge in [-0.3, -0.25) is 0 Å². The molecule has 0 bridgehead atoms. The Labute approximate surface area is 330 Å².